The van der Waals surface area contributed by atoms with Gasteiger partial charge in [0.15, 0.2) is 0 Å². The Balaban J connectivity index is 2.07. The van der Waals surface area contributed by atoms with Gasteiger partial charge in [0.1, 0.15) is 5.03 Å². The molecule has 0 unspecified atom stereocenters. The lowest BCUT2D eigenvalue weighted by molar-refractivity contribution is 0.201. The Morgan fingerprint density at radius 2 is 2.43 bits per heavy atom. The average molecular weight is 231 g/mol. The van der Waals surface area contributed by atoms with Crippen molar-refractivity contribution in [2.24, 2.45) is 0 Å². The van der Waals surface area contributed by atoms with E-state index in [0.717, 1.165) is 11.6 Å². The highest BCUT2D eigenvalue weighted by atomic mass is 35.5. The van der Waals surface area contributed by atoms with Crippen molar-refractivity contribution in [3.8, 4) is 0 Å². The second-order valence-electron chi connectivity index (χ2n) is 3.17. The van der Waals surface area contributed by atoms with Crippen LogP contribution in [0.3, 0.4) is 0 Å². The zero-order valence-corrected chi connectivity index (χ0v) is 9.05. The van der Waals surface area contributed by atoms with Crippen LogP contribution in [-0.2, 0) is 0 Å². The van der Waals surface area contributed by atoms with E-state index < -0.39 is 0 Å². The zero-order valence-electron chi connectivity index (χ0n) is 7.48. The highest BCUT2D eigenvalue weighted by molar-refractivity contribution is 8.00. The third kappa shape index (κ3) is 2.20. The summed E-state index contributed by atoms with van der Waals surface area (Å²) in [5, 5.41) is 14.3. The van der Waals surface area contributed by atoms with Gasteiger partial charge in [-0.1, -0.05) is 23.4 Å². The van der Waals surface area contributed by atoms with E-state index in [0.29, 0.717) is 11.6 Å². The molecule has 3 nitrogen and oxygen atoms in total. The van der Waals surface area contributed by atoms with Crippen molar-refractivity contribution in [3.63, 3.8) is 0 Å². The summed E-state index contributed by atoms with van der Waals surface area (Å²) in [6.07, 6.45) is 1.40. The molecule has 76 valence electrons. The van der Waals surface area contributed by atoms with E-state index in [-0.39, 0.29) is 11.4 Å². The van der Waals surface area contributed by atoms with Gasteiger partial charge in [-0.15, -0.1) is 0 Å². The van der Waals surface area contributed by atoms with Gasteiger partial charge in [-0.2, -0.15) is 0 Å². The Morgan fingerprint density at radius 3 is 3.07 bits per heavy atom. The number of aliphatic hydroxyl groups excluding tert-OH is 1. The second kappa shape index (κ2) is 4.49. The molecule has 1 saturated heterocycles. The number of nitrogens with zero attached hydrogens (tertiary/aromatic N) is 1. The van der Waals surface area contributed by atoms with Crippen molar-refractivity contribution in [2.45, 2.75) is 16.4 Å². The van der Waals surface area contributed by atoms with Crippen LogP contribution in [0, 0.1) is 0 Å². The van der Waals surface area contributed by atoms with Crippen LogP contribution in [-0.4, -0.2) is 34.5 Å². The maximum Gasteiger partial charge on any atom is 0.115 e. The molecule has 0 amide bonds. The van der Waals surface area contributed by atoms with Crippen molar-refractivity contribution >= 4 is 23.4 Å². The molecule has 1 aliphatic rings. The molecule has 0 spiro atoms. The largest absolute Gasteiger partial charge is 0.391 e. The average Bonchev–Trinajstić information content (AvgIpc) is 2.56. The summed E-state index contributed by atoms with van der Waals surface area (Å²) in [6.45, 7) is 1.46. The third-order valence-electron chi connectivity index (χ3n) is 2.12. The molecule has 0 saturated carbocycles. The summed E-state index contributed by atoms with van der Waals surface area (Å²) < 4.78 is 0. The van der Waals surface area contributed by atoms with E-state index in [2.05, 4.69) is 10.3 Å². The number of thioether (sulfide) groups is 1. The van der Waals surface area contributed by atoms with Crippen LogP contribution in [0.15, 0.2) is 23.4 Å². The number of pyridine rings is 1. The number of halogens is 1. The van der Waals surface area contributed by atoms with E-state index in [1.54, 1.807) is 12.3 Å². The van der Waals surface area contributed by atoms with Crippen LogP contribution in [0.5, 0.6) is 0 Å². The first kappa shape index (κ1) is 10.2. The molecule has 14 heavy (non-hydrogen) atoms. The molecule has 1 fully saturated rings. The molecule has 0 bridgehead atoms. The summed E-state index contributed by atoms with van der Waals surface area (Å²) >= 11 is 7.50. The predicted octanol–water partition coefficient (Wildman–Crippen LogP) is 1.16. The van der Waals surface area contributed by atoms with Crippen LogP contribution in [0.25, 0.3) is 0 Å². The van der Waals surface area contributed by atoms with Crippen molar-refractivity contribution < 1.29 is 5.11 Å². The summed E-state index contributed by atoms with van der Waals surface area (Å²) in [4.78, 5) is 4.17. The highest BCUT2D eigenvalue weighted by Gasteiger charge is 2.26. The number of rotatable bonds is 2. The number of aromatic nitrogens is 1. The van der Waals surface area contributed by atoms with Gasteiger partial charge in [-0.25, -0.2) is 4.98 Å². The van der Waals surface area contributed by atoms with Gasteiger partial charge < -0.3 is 10.4 Å². The maximum atomic E-state index is 9.59. The molecule has 1 aromatic rings. The lowest BCUT2D eigenvalue weighted by atomic mass is 10.3. The smallest absolute Gasteiger partial charge is 0.115 e. The summed E-state index contributed by atoms with van der Waals surface area (Å²) in [5.74, 6) is 0. The first-order chi connectivity index (χ1) is 6.77. The molecule has 2 heterocycles. The molecular weight excluding hydrogens is 220 g/mol. The monoisotopic (exact) mass is 230 g/mol. The van der Waals surface area contributed by atoms with Gasteiger partial charge in [-0.05, 0) is 12.1 Å². The second-order valence-corrected chi connectivity index (χ2v) is 4.81. The Morgan fingerprint density at radius 1 is 1.57 bits per heavy atom. The fraction of sp³-hybridized carbons (Fsp3) is 0.444. The minimum absolute atomic E-state index is 0.155. The molecular formula is C9H11ClN2OS. The van der Waals surface area contributed by atoms with E-state index in [1.807, 2.05) is 6.07 Å². The van der Waals surface area contributed by atoms with E-state index >= 15 is 0 Å². The molecule has 0 radical (unpaired) electrons. The molecule has 2 N–H and O–H groups in total. The number of β-amino-alcohol motifs (C(OH)–C–C–N with tert-alkyl or cyclic N) is 1. The van der Waals surface area contributed by atoms with Crippen molar-refractivity contribution in [2.75, 3.05) is 13.1 Å². The van der Waals surface area contributed by atoms with Crippen LogP contribution in [0.4, 0.5) is 0 Å². The van der Waals surface area contributed by atoms with Crippen molar-refractivity contribution in [1.82, 2.24) is 10.3 Å². The van der Waals surface area contributed by atoms with Gasteiger partial charge in [0, 0.05) is 19.3 Å². The first-order valence-electron chi connectivity index (χ1n) is 4.43. The highest BCUT2D eigenvalue weighted by Crippen LogP contribution is 2.30. The van der Waals surface area contributed by atoms with Crippen LogP contribution >= 0.6 is 23.4 Å². The Bertz CT molecular complexity index is 323. The minimum atomic E-state index is -0.307. The number of hydrogen-bond acceptors (Lipinski definition) is 4. The summed E-state index contributed by atoms with van der Waals surface area (Å²) in [5.41, 5.74) is 0. The zero-order chi connectivity index (χ0) is 9.97. The maximum absolute atomic E-state index is 9.59. The van der Waals surface area contributed by atoms with Crippen LogP contribution in [0.2, 0.25) is 5.02 Å². The van der Waals surface area contributed by atoms with Gasteiger partial charge in [0.25, 0.3) is 0 Å². The van der Waals surface area contributed by atoms with Gasteiger partial charge in [0.2, 0.25) is 0 Å². The summed E-state index contributed by atoms with van der Waals surface area (Å²) in [7, 11) is 0. The lowest BCUT2D eigenvalue weighted by Crippen LogP contribution is -2.20. The van der Waals surface area contributed by atoms with Crippen LogP contribution in [0.1, 0.15) is 0 Å². The Labute approximate surface area is 91.9 Å². The third-order valence-corrected chi connectivity index (χ3v) is 3.87. The molecule has 1 aromatic heterocycles. The normalized spacial score (nSPS) is 26.7. The minimum Gasteiger partial charge on any atom is -0.391 e. The Kier molecular flexibility index (Phi) is 3.28. The molecule has 2 rings (SSSR count). The molecule has 0 aromatic carbocycles. The van der Waals surface area contributed by atoms with Crippen molar-refractivity contribution in [1.29, 1.82) is 0 Å². The fourth-order valence-corrected chi connectivity index (χ4v) is 2.66. The molecule has 0 aliphatic carbocycles. The van der Waals surface area contributed by atoms with E-state index in [4.69, 9.17) is 11.6 Å². The predicted molar refractivity (Wildman–Crippen MR) is 57.8 cm³/mol. The Hall–Kier alpha value is -0.290. The van der Waals surface area contributed by atoms with Gasteiger partial charge in [0.05, 0.1) is 16.4 Å². The van der Waals surface area contributed by atoms with E-state index in [9.17, 15) is 5.11 Å². The van der Waals surface area contributed by atoms with Crippen molar-refractivity contribution in [3.05, 3.63) is 23.4 Å². The summed E-state index contributed by atoms with van der Waals surface area (Å²) in [6, 6.07) is 3.61. The number of hydrogen-bond donors (Lipinski definition) is 2. The fourth-order valence-electron chi connectivity index (χ4n) is 1.36. The number of aliphatic hydroxyl groups is 1. The first-order valence-corrected chi connectivity index (χ1v) is 5.69. The quantitative estimate of drug-likeness (QED) is 0.801. The van der Waals surface area contributed by atoms with Gasteiger partial charge >= 0.3 is 0 Å². The topological polar surface area (TPSA) is 45.1 Å². The standard InChI is InChI=1S/C9H11ClN2OS/c10-6-2-1-3-12-9(6)14-8-5-11-4-7(8)13/h1-3,7-8,11,13H,4-5H2/t7-,8-/m1/s1. The van der Waals surface area contributed by atoms with Crippen LogP contribution < -0.4 is 5.32 Å². The van der Waals surface area contributed by atoms with Gasteiger partial charge in [-0.3, -0.25) is 0 Å². The SMILES string of the molecule is O[C@@H]1CNC[C@H]1Sc1ncccc1Cl. The molecule has 1 aliphatic heterocycles. The molecule has 5 heteroatoms. The molecule has 2 atom stereocenters. The van der Waals surface area contributed by atoms with E-state index in [1.165, 1.54) is 11.8 Å². The lowest BCUT2D eigenvalue weighted by Gasteiger charge is -2.12. The number of nitrogens with one attached hydrogen (secondary N) is 1.